The molecule has 0 saturated heterocycles. The second kappa shape index (κ2) is 7.57. The minimum absolute atomic E-state index is 0.259. The Morgan fingerprint density at radius 2 is 1.91 bits per heavy atom. The molecule has 2 aromatic heterocycles. The van der Waals surface area contributed by atoms with E-state index in [0.717, 1.165) is 41.0 Å². The van der Waals surface area contributed by atoms with Crippen molar-refractivity contribution >= 4 is 38.9 Å². The second-order valence-corrected chi connectivity index (χ2v) is 9.28. The molecule has 1 atom stereocenters. The number of nitrogens with one attached hydrogen (secondary N) is 1. The van der Waals surface area contributed by atoms with Crippen molar-refractivity contribution in [1.29, 1.82) is 0 Å². The molecule has 4 aromatic rings. The van der Waals surface area contributed by atoms with Crippen LogP contribution in [0.2, 0.25) is 0 Å². The molecule has 5 nitrogen and oxygen atoms in total. The van der Waals surface area contributed by atoms with E-state index in [1.807, 2.05) is 6.07 Å². The van der Waals surface area contributed by atoms with Gasteiger partial charge in [-0.3, -0.25) is 0 Å². The molecule has 2 aromatic carbocycles. The Kier molecular flexibility index (Phi) is 4.54. The van der Waals surface area contributed by atoms with E-state index < -0.39 is 5.97 Å². The Morgan fingerprint density at radius 1 is 1.09 bits per heavy atom. The third-order valence-electron chi connectivity index (χ3n) is 6.32. The van der Waals surface area contributed by atoms with Crippen LogP contribution in [-0.4, -0.2) is 27.6 Å². The van der Waals surface area contributed by atoms with Gasteiger partial charge in [0.1, 0.15) is 10.6 Å². The molecular formula is C26H21N3O2S. The minimum Gasteiger partial charge on any atom is -0.478 e. The first kappa shape index (κ1) is 19.2. The molecule has 0 radical (unpaired) electrons. The standard InChI is InChI=1S/C26H21N3O2S/c30-26(31)17-11-9-16(10-12-17)23-28-24(27-14-13-15-5-2-1-3-6-15)21-20-18-7-4-8-19(18)22(20)32-25(21)29-23/h1-3,5-7,9-12,19H,4,8,13-14H2,(H,30,31)(H,27,28,29). The predicted octanol–water partition coefficient (Wildman–Crippen LogP) is 5.99. The number of hydrogen-bond donors (Lipinski definition) is 2. The Labute approximate surface area is 189 Å². The number of carboxylic acids is 1. The Bertz CT molecular complexity index is 1370. The number of carbonyl (C=O) groups is 1. The van der Waals surface area contributed by atoms with Crippen molar-refractivity contribution in [1.82, 2.24) is 9.97 Å². The number of benzene rings is 2. The number of anilines is 1. The van der Waals surface area contributed by atoms with Crippen LogP contribution in [0.3, 0.4) is 0 Å². The lowest BCUT2D eigenvalue weighted by Crippen LogP contribution is -2.11. The van der Waals surface area contributed by atoms with Crippen molar-refractivity contribution in [3.05, 3.63) is 82.2 Å². The van der Waals surface area contributed by atoms with Crippen LogP contribution >= 0.6 is 11.3 Å². The van der Waals surface area contributed by atoms with E-state index in [4.69, 9.17) is 9.97 Å². The maximum absolute atomic E-state index is 11.2. The lowest BCUT2D eigenvalue weighted by atomic mass is 9.80. The third kappa shape index (κ3) is 3.10. The summed E-state index contributed by atoms with van der Waals surface area (Å²) in [7, 11) is 0. The van der Waals surface area contributed by atoms with E-state index in [1.165, 1.54) is 28.0 Å². The zero-order chi connectivity index (χ0) is 21.7. The van der Waals surface area contributed by atoms with E-state index >= 15 is 0 Å². The minimum atomic E-state index is -0.936. The van der Waals surface area contributed by atoms with Gasteiger partial charge in [0.2, 0.25) is 0 Å². The van der Waals surface area contributed by atoms with E-state index in [1.54, 1.807) is 35.6 Å². The first-order chi connectivity index (χ1) is 15.7. The molecule has 0 bridgehead atoms. The van der Waals surface area contributed by atoms with Crippen molar-refractivity contribution in [2.24, 2.45) is 0 Å². The van der Waals surface area contributed by atoms with Crippen LogP contribution in [-0.2, 0) is 6.42 Å². The van der Waals surface area contributed by atoms with Gasteiger partial charge in [-0.1, -0.05) is 48.5 Å². The number of allylic oxidation sites excluding steroid dienone is 2. The molecule has 0 fully saturated rings. The molecule has 2 heterocycles. The van der Waals surface area contributed by atoms with Crippen molar-refractivity contribution in [3.63, 3.8) is 0 Å². The maximum Gasteiger partial charge on any atom is 0.335 e. The second-order valence-electron chi connectivity index (χ2n) is 8.25. The molecule has 0 amide bonds. The lowest BCUT2D eigenvalue weighted by molar-refractivity contribution is 0.0697. The van der Waals surface area contributed by atoms with E-state index in [0.29, 0.717) is 11.7 Å². The van der Waals surface area contributed by atoms with Gasteiger partial charge in [-0.05, 0) is 42.5 Å². The molecule has 0 spiro atoms. The van der Waals surface area contributed by atoms with Crippen molar-refractivity contribution in [2.75, 3.05) is 11.9 Å². The summed E-state index contributed by atoms with van der Waals surface area (Å²) in [6.07, 6.45) is 5.62. The zero-order valence-electron chi connectivity index (χ0n) is 17.3. The molecule has 0 saturated carbocycles. The average molecular weight is 440 g/mol. The molecule has 32 heavy (non-hydrogen) atoms. The lowest BCUT2D eigenvalue weighted by Gasteiger charge is -2.26. The van der Waals surface area contributed by atoms with Gasteiger partial charge in [-0.15, -0.1) is 11.3 Å². The summed E-state index contributed by atoms with van der Waals surface area (Å²) in [5.74, 6) is 1.12. The summed E-state index contributed by atoms with van der Waals surface area (Å²) < 4.78 is 0. The molecule has 1 unspecified atom stereocenters. The fraction of sp³-hybridized carbons (Fsp3) is 0.192. The van der Waals surface area contributed by atoms with Gasteiger partial charge in [0, 0.05) is 28.5 Å². The highest BCUT2D eigenvalue weighted by Gasteiger charge is 2.39. The SMILES string of the molecule is O=C(O)c1ccc(-c2nc(NCCc3ccccc3)c3c4c(sc3n2)C2CCC=C42)cc1. The predicted molar refractivity (Wildman–Crippen MR) is 128 cm³/mol. The summed E-state index contributed by atoms with van der Waals surface area (Å²) in [5, 5.41) is 13.9. The molecule has 2 aliphatic rings. The van der Waals surface area contributed by atoms with E-state index in [-0.39, 0.29) is 5.56 Å². The first-order valence-electron chi connectivity index (χ1n) is 10.9. The van der Waals surface area contributed by atoms with Crippen LogP contribution in [0.25, 0.3) is 27.2 Å². The van der Waals surface area contributed by atoms with E-state index in [9.17, 15) is 9.90 Å². The molecular weight excluding hydrogens is 418 g/mol. The smallest absolute Gasteiger partial charge is 0.335 e. The van der Waals surface area contributed by atoms with Gasteiger partial charge in [0.15, 0.2) is 5.82 Å². The van der Waals surface area contributed by atoms with Crippen LogP contribution in [0.4, 0.5) is 5.82 Å². The van der Waals surface area contributed by atoms with Gasteiger partial charge in [-0.25, -0.2) is 14.8 Å². The fourth-order valence-corrected chi connectivity index (χ4v) is 6.06. The van der Waals surface area contributed by atoms with Gasteiger partial charge >= 0.3 is 5.97 Å². The molecule has 0 aliphatic heterocycles. The van der Waals surface area contributed by atoms with Crippen molar-refractivity contribution in [3.8, 4) is 11.4 Å². The Morgan fingerprint density at radius 3 is 2.69 bits per heavy atom. The van der Waals surface area contributed by atoms with Gasteiger partial charge < -0.3 is 10.4 Å². The Balaban J connectivity index is 1.40. The quantitative estimate of drug-likeness (QED) is 0.386. The number of hydrogen-bond acceptors (Lipinski definition) is 5. The molecule has 6 rings (SSSR count). The van der Waals surface area contributed by atoms with E-state index in [2.05, 4.69) is 35.7 Å². The fourth-order valence-electron chi connectivity index (χ4n) is 4.71. The molecule has 6 heteroatoms. The Hall–Kier alpha value is -3.51. The van der Waals surface area contributed by atoms with Gasteiger partial charge in [0.05, 0.1) is 10.9 Å². The first-order valence-corrected chi connectivity index (χ1v) is 11.7. The number of aromatic carboxylic acids is 1. The average Bonchev–Trinajstić information content (AvgIpc) is 3.37. The maximum atomic E-state index is 11.2. The van der Waals surface area contributed by atoms with Gasteiger partial charge in [0.25, 0.3) is 0 Å². The van der Waals surface area contributed by atoms with Crippen molar-refractivity contribution < 1.29 is 9.90 Å². The number of nitrogens with zero attached hydrogens (tertiary/aromatic N) is 2. The number of carboxylic acid groups (broad SMARTS) is 1. The normalized spacial score (nSPS) is 16.2. The highest BCUT2D eigenvalue weighted by atomic mass is 32.1. The summed E-state index contributed by atoms with van der Waals surface area (Å²) in [6.45, 7) is 0.778. The number of rotatable bonds is 6. The highest BCUT2D eigenvalue weighted by molar-refractivity contribution is 7.19. The molecule has 2 aliphatic carbocycles. The summed E-state index contributed by atoms with van der Waals surface area (Å²) in [6, 6.07) is 17.2. The van der Waals surface area contributed by atoms with Gasteiger partial charge in [-0.2, -0.15) is 0 Å². The highest BCUT2D eigenvalue weighted by Crippen LogP contribution is 2.59. The summed E-state index contributed by atoms with van der Waals surface area (Å²) in [4.78, 5) is 23.4. The summed E-state index contributed by atoms with van der Waals surface area (Å²) >= 11 is 1.78. The topological polar surface area (TPSA) is 75.1 Å². The third-order valence-corrected chi connectivity index (χ3v) is 7.52. The van der Waals surface area contributed by atoms with Crippen molar-refractivity contribution in [2.45, 2.75) is 25.2 Å². The number of thiophene rings is 1. The van der Waals surface area contributed by atoms with Crippen LogP contribution < -0.4 is 5.32 Å². The largest absolute Gasteiger partial charge is 0.478 e. The van der Waals surface area contributed by atoms with Crippen LogP contribution in [0.15, 0.2) is 60.7 Å². The molecule has 2 N–H and O–H groups in total. The number of aromatic nitrogens is 2. The number of fused-ring (bicyclic) bond motifs is 6. The molecule has 158 valence electrons. The van der Waals surface area contributed by atoms with Crippen LogP contribution in [0.5, 0.6) is 0 Å². The van der Waals surface area contributed by atoms with Crippen LogP contribution in [0, 0.1) is 0 Å². The monoisotopic (exact) mass is 439 g/mol. The van der Waals surface area contributed by atoms with Crippen LogP contribution in [0.1, 0.15) is 45.1 Å². The summed E-state index contributed by atoms with van der Waals surface area (Å²) in [5.41, 5.74) is 5.15. The zero-order valence-corrected chi connectivity index (χ0v) is 18.2.